The first-order valence-corrected chi connectivity index (χ1v) is 8.51. The summed E-state index contributed by atoms with van der Waals surface area (Å²) in [6, 6.07) is 6.66. The molecule has 1 aliphatic carbocycles. The van der Waals surface area contributed by atoms with E-state index in [9.17, 15) is 4.79 Å². The van der Waals surface area contributed by atoms with E-state index >= 15 is 0 Å². The highest BCUT2D eigenvalue weighted by Crippen LogP contribution is 2.25. The van der Waals surface area contributed by atoms with Crippen LogP contribution in [0.4, 0.5) is 5.69 Å². The van der Waals surface area contributed by atoms with Crippen molar-refractivity contribution >= 4 is 11.6 Å². The molecule has 0 aromatic heterocycles. The lowest BCUT2D eigenvalue weighted by atomic mass is 9.92. The topological polar surface area (TPSA) is 58.4 Å². The Bertz CT molecular complexity index is 543. The van der Waals surface area contributed by atoms with Crippen molar-refractivity contribution in [2.45, 2.75) is 45.1 Å². The maximum atomic E-state index is 12.3. The van der Waals surface area contributed by atoms with Crippen LogP contribution >= 0.6 is 0 Å². The average molecular weight is 301 g/mol. The number of nitrogens with one attached hydrogen (secondary N) is 1. The van der Waals surface area contributed by atoms with E-state index in [1.807, 2.05) is 6.07 Å². The zero-order chi connectivity index (χ0) is 15.5. The number of rotatable bonds is 4. The summed E-state index contributed by atoms with van der Waals surface area (Å²) in [7, 11) is 0. The van der Waals surface area contributed by atoms with Crippen LogP contribution in [-0.4, -0.2) is 36.5 Å². The molecule has 1 saturated heterocycles. The number of anilines is 1. The summed E-state index contributed by atoms with van der Waals surface area (Å²) in [5.74, 6) is 0.788. The predicted octanol–water partition coefficient (Wildman–Crippen LogP) is 2.17. The number of piperidine rings is 1. The summed E-state index contributed by atoms with van der Waals surface area (Å²) >= 11 is 0. The molecule has 1 amide bonds. The molecule has 0 spiro atoms. The summed E-state index contributed by atoms with van der Waals surface area (Å²) in [5.41, 5.74) is 9.63. The second-order valence-corrected chi connectivity index (χ2v) is 6.87. The lowest BCUT2D eigenvalue weighted by molar-refractivity contribution is -0.118. The minimum absolute atomic E-state index is 0.0750. The van der Waals surface area contributed by atoms with Gasteiger partial charge in [-0.05, 0) is 67.8 Å². The van der Waals surface area contributed by atoms with Crippen molar-refractivity contribution < 1.29 is 4.79 Å². The maximum Gasteiger partial charge on any atom is 0.238 e. The second-order valence-electron chi connectivity index (χ2n) is 6.87. The van der Waals surface area contributed by atoms with Crippen molar-refractivity contribution in [3.05, 3.63) is 29.3 Å². The molecule has 1 fully saturated rings. The Balaban J connectivity index is 1.58. The molecule has 2 aliphatic rings. The van der Waals surface area contributed by atoms with Gasteiger partial charge < -0.3 is 11.1 Å². The molecule has 1 aromatic carbocycles. The van der Waals surface area contributed by atoms with E-state index in [0.717, 1.165) is 31.5 Å². The van der Waals surface area contributed by atoms with Crippen molar-refractivity contribution in [1.82, 2.24) is 4.90 Å². The van der Waals surface area contributed by atoms with Gasteiger partial charge in [0, 0.05) is 18.3 Å². The summed E-state index contributed by atoms with van der Waals surface area (Å²) in [5, 5.41) is 3.05. The molecule has 4 heteroatoms. The number of likely N-dealkylation sites (tertiary alicyclic amines) is 1. The molecule has 0 saturated carbocycles. The monoisotopic (exact) mass is 301 g/mol. The van der Waals surface area contributed by atoms with E-state index in [1.165, 1.54) is 24.0 Å². The lowest BCUT2D eigenvalue weighted by Gasteiger charge is -2.37. The van der Waals surface area contributed by atoms with E-state index in [2.05, 4.69) is 29.3 Å². The lowest BCUT2D eigenvalue weighted by Crippen LogP contribution is -2.49. The number of hydrogen-bond acceptors (Lipinski definition) is 3. The van der Waals surface area contributed by atoms with Crippen LogP contribution in [0.3, 0.4) is 0 Å². The molecule has 22 heavy (non-hydrogen) atoms. The molecule has 1 aliphatic heterocycles. The second kappa shape index (κ2) is 6.80. The zero-order valence-electron chi connectivity index (χ0n) is 13.5. The molecule has 2 unspecified atom stereocenters. The Morgan fingerprint density at radius 2 is 2.18 bits per heavy atom. The van der Waals surface area contributed by atoms with Crippen LogP contribution in [0, 0.1) is 5.92 Å². The van der Waals surface area contributed by atoms with E-state index < -0.39 is 0 Å². The van der Waals surface area contributed by atoms with Gasteiger partial charge in [-0.2, -0.15) is 0 Å². The third kappa shape index (κ3) is 3.50. The van der Waals surface area contributed by atoms with Gasteiger partial charge in [-0.1, -0.05) is 13.0 Å². The Morgan fingerprint density at radius 1 is 1.36 bits per heavy atom. The number of benzene rings is 1. The highest BCUT2D eigenvalue weighted by molar-refractivity contribution is 5.92. The fourth-order valence-electron chi connectivity index (χ4n) is 3.79. The SMILES string of the molecule is CC1CCN(CC(=O)Nc2ccc3c(c2)CCC3)C(CN)C1. The average Bonchev–Trinajstić information content (AvgIpc) is 2.96. The molecular formula is C18H27N3O. The van der Waals surface area contributed by atoms with Gasteiger partial charge >= 0.3 is 0 Å². The van der Waals surface area contributed by atoms with Crippen LogP contribution in [0.25, 0.3) is 0 Å². The van der Waals surface area contributed by atoms with Gasteiger partial charge in [0.1, 0.15) is 0 Å². The summed E-state index contributed by atoms with van der Waals surface area (Å²) in [4.78, 5) is 14.6. The summed E-state index contributed by atoms with van der Waals surface area (Å²) in [6.07, 6.45) is 5.80. The van der Waals surface area contributed by atoms with Gasteiger partial charge in [-0.25, -0.2) is 0 Å². The molecule has 1 aromatic rings. The molecule has 3 rings (SSSR count). The van der Waals surface area contributed by atoms with Crippen molar-refractivity contribution in [2.75, 3.05) is 25.0 Å². The first-order chi connectivity index (χ1) is 10.7. The Hall–Kier alpha value is -1.39. The quantitative estimate of drug-likeness (QED) is 0.896. The summed E-state index contributed by atoms with van der Waals surface area (Å²) in [6.45, 7) is 4.33. The van der Waals surface area contributed by atoms with Crippen molar-refractivity contribution in [1.29, 1.82) is 0 Å². The molecule has 3 N–H and O–H groups in total. The third-order valence-corrected chi connectivity index (χ3v) is 5.10. The number of fused-ring (bicyclic) bond motifs is 1. The minimum atomic E-state index is 0.0750. The number of carbonyl (C=O) groups is 1. The van der Waals surface area contributed by atoms with Gasteiger partial charge in [-0.15, -0.1) is 0 Å². The zero-order valence-corrected chi connectivity index (χ0v) is 13.5. The Morgan fingerprint density at radius 3 is 3.00 bits per heavy atom. The number of hydrogen-bond donors (Lipinski definition) is 2. The van der Waals surface area contributed by atoms with E-state index in [4.69, 9.17) is 5.73 Å². The fourth-order valence-corrected chi connectivity index (χ4v) is 3.79. The van der Waals surface area contributed by atoms with Crippen LogP contribution in [0.15, 0.2) is 18.2 Å². The summed E-state index contributed by atoms with van der Waals surface area (Å²) < 4.78 is 0. The first kappa shape index (κ1) is 15.5. The van der Waals surface area contributed by atoms with E-state index in [1.54, 1.807) is 0 Å². The van der Waals surface area contributed by atoms with Crippen LogP contribution in [0.1, 0.15) is 37.3 Å². The number of aryl methyl sites for hydroxylation is 2. The van der Waals surface area contributed by atoms with Crippen LogP contribution in [0.5, 0.6) is 0 Å². The highest BCUT2D eigenvalue weighted by Gasteiger charge is 2.26. The first-order valence-electron chi connectivity index (χ1n) is 8.51. The van der Waals surface area contributed by atoms with Gasteiger partial charge in [0.05, 0.1) is 6.54 Å². The highest BCUT2D eigenvalue weighted by atomic mass is 16.2. The predicted molar refractivity (Wildman–Crippen MR) is 89.9 cm³/mol. The van der Waals surface area contributed by atoms with Gasteiger partial charge in [-0.3, -0.25) is 9.69 Å². The largest absolute Gasteiger partial charge is 0.329 e. The molecule has 2 atom stereocenters. The van der Waals surface area contributed by atoms with Gasteiger partial charge in [0.2, 0.25) is 5.91 Å². The van der Waals surface area contributed by atoms with Crippen molar-refractivity contribution in [2.24, 2.45) is 11.7 Å². The molecule has 0 bridgehead atoms. The van der Waals surface area contributed by atoms with Gasteiger partial charge in [0.15, 0.2) is 0 Å². The normalized spacial score (nSPS) is 25.0. The fraction of sp³-hybridized carbons (Fsp3) is 0.611. The van der Waals surface area contributed by atoms with Crippen LogP contribution in [-0.2, 0) is 17.6 Å². The number of nitrogens with two attached hydrogens (primary N) is 1. The maximum absolute atomic E-state index is 12.3. The van der Waals surface area contributed by atoms with Crippen LogP contribution in [0.2, 0.25) is 0 Å². The minimum Gasteiger partial charge on any atom is -0.329 e. The van der Waals surface area contributed by atoms with Crippen LogP contribution < -0.4 is 11.1 Å². The number of nitrogens with zero attached hydrogens (tertiary/aromatic N) is 1. The molecule has 1 heterocycles. The van der Waals surface area contributed by atoms with Gasteiger partial charge in [0.25, 0.3) is 0 Å². The molecule has 0 radical (unpaired) electrons. The molecule has 4 nitrogen and oxygen atoms in total. The number of carbonyl (C=O) groups excluding carboxylic acids is 1. The smallest absolute Gasteiger partial charge is 0.238 e. The van der Waals surface area contributed by atoms with Crippen molar-refractivity contribution in [3.63, 3.8) is 0 Å². The number of amides is 1. The standard InChI is InChI=1S/C18H27N3O/c1-13-7-8-21(17(9-13)11-19)12-18(22)20-16-6-5-14-3-2-4-15(14)10-16/h5-6,10,13,17H,2-4,7-9,11-12,19H2,1H3,(H,20,22). The molecular weight excluding hydrogens is 274 g/mol. The van der Waals surface area contributed by atoms with E-state index in [-0.39, 0.29) is 5.91 Å². The Kier molecular flexibility index (Phi) is 4.79. The van der Waals surface area contributed by atoms with E-state index in [0.29, 0.717) is 25.0 Å². The third-order valence-electron chi connectivity index (χ3n) is 5.10. The Labute approximate surface area is 133 Å². The molecule has 120 valence electrons. The van der Waals surface area contributed by atoms with Crippen molar-refractivity contribution in [3.8, 4) is 0 Å².